The van der Waals surface area contributed by atoms with E-state index in [4.69, 9.17) is 4.74 Å². The third-order valence-corrected chi connectivity index (χ3v) is 6.64. The van der Waals surface area contributed by atoms with Crippen molar-refractivity contribution < 1.29 is 22.7 Å². The van der Waals surface area contributed by atoms with Crippen molar-refractivity contribution in [2.24, 2.45) is 0 Å². The number of ether oxygens (including phenoxy) is 1. The highest BCUT2D eigenvalue weighted by atomic mass is 32.2. The quantitative estimate of drug-likeness (QED) is 0.551. The van der Waals surface area contributed by atoms with Gasteiger partial charge in [-0.2, -0.15) is 0 Å². The van der Waals surface area contributed by atoms with Crippen LogP contribution in [-0.4, -0.2) is 39.6 Å². The summed E-state index contributed by atoms with van der Waals surface area (Å²) >= 11 is 0. The molecule has 0 bridgehead atoms. The minimum atomic E-state index is -3.33. The lowest BCUT2D eigenvalue weighted by Crippen LogP contribution is -2.27. The van der Waals surface area contributed by atoms with Crippen molar-refractivity contribution in [2.45, 2.75) is 24.7 Å². The molecule has 7 heteroatoms. The van der Waals surface area contributed by atoms with Crippen molar-refractivity contribution in [1.82, 2.24) is 0 Å². The van der Waals surface area contributed by atoms with E-state index in [-0.39, 0.29) is 18.4 Å². The van der Waals surface area contributed by atoms with Crippen LogP contribution < -0.4 is 4.31 Å². The summed E-state index contributed by atoms with van der Waals surface area (Å²) in [7, 11) is -3.33. The minimum absolute atomic E-state index is 0.294. The van der Waals surface area contributed by atoms with Crippen molar-refractivity contribution in [3.63, 3.8) is 0 Å². The number of carbonyl (C=O) groups is 2. The van der Waals surface area contributed by atoms with Crippen LogP contribution in [0.4, 0.5) is 5.69 Å². The summed E-state index contributed by atoms with van der Waals surface area (Å²) in [5.41, 5.74) is 2.15. The fourth-order valence-corrected chi connectivity index (χ4v) is 4.69. The first kappa shape index (κ1) is 18.7. The molecule has 2 aromatic rings. The topological polar surface area (TPSA) is 80.8 Å². The molecule has 2 aromatic carbocycles. The number of Topliss-reactive ketones (excluding diaryl/α,β-unsaturated/α-hetero) is 1. The number of benzene rings is 2. The van der Waals surface area contributed by atoms with Gasteiger partial charge in [-0.25, -0.2) is 8.42 Å². The number of sulfonamides is 1. The molecule has 0 spiro atoms. The van der Waals surface area contributed by atoms with Gasteiger partial charge in [-0.1, -0.05) is 30.3 Å². The molecule has 146 valence electrons. The van der Waals surface area contributed by atoms with Crippen LogP contribution in [-0.2, 0) is 31.4 Å². The van der Waals surface area contributed by atoms with Gasteiger partial charge in [0.15, 0.2) is 12.4 Å². The summed E-state index contributed by atoms with van der Waals surface area (Å²) in [5.74, 6) is -0.658. The first-order chi connectivity index (χ1) is 13.3. The summed E-state index contributed by atoms with van der Waals surface area (Å²) in [4.78, 5) is 25.1. The standard InChI is InChI=1S/C21H21NO5S/c1-28(25,26)22-12-9-15-13-16(7-8-18(15)22)19(23)14-27-20(24)21(10-11-21)17-5-3-2-4-6-17/h2-8,13H,9-12,14H2,1H3. The average Bonchev–Trinajstić information content (AvgIpc) is 3.38. The van der Waals surface area contributed by atoms with E-state index >= 15 is 0 Å². The van der Waals surface area contributed by atoms with Crippen LogP contribution in [0, 0.1) is 0 Å². The molecule has 6 nitrogen and oxygen atoms in total. The molecule has 0 atom stereocenters. The number of rotatable bonds is 6. The van der Waals surface area contributed by atoms with Gasteiger partial charge in [0.2, 0.25) is 10.0 Å². The minimum Gasteiger partial charge on any atom is -0.457 e. The van der Waals surface area contributed by atoms with Gasteiger partial charge in [0.25, 0.3) is 0 Å². The fourth-order valence-electron chi connectivity index (χ4n) is 3.73. The van der Waals surface area contributed by atoms with Crippen LogP contribution in [0.25, 0.3) is 0 Å². The molecule has 0 unspecified atom stereocenters. The number of carbonyl (C=O) groups excluding carboxylic acids is 2. The Labute approximate surface area is 164 Å². The van der Waals surface area contributed by atoms with Gasteiger partial charge in [-0.15, -0.1) is 0 Å². The van der Waals surface area contributed by atoms with Crippen LogP contribution in [0.15, 0.2) is 48.5 Å². The second kappa shape index (κ2) is 6.74. The Morgan fingerprint density at radius 3 is 2.46 bits per heavy atom. The third-order valence-electron chi connectivity index (χ3n) is 5.46. The zero-order valence-electron chi connectivity index (χ0n) is 15.6. The van der Waals surface area contributed by atoms with Gasteiger partial charge >= 0.3 is 5.97 Å². The molecular formula is C21H21NO5S. The number of hydrogen-bond donors (Lipinski definition) is 0. The zero-order chi connectivity index (χ0) is 19.9. The van der Waals surface area contributed by atoms with Crippen molar-refractivity contribution >= 4 is 27.5 Å². The van der Waals surface area contributed by atoms with Gasteiger partial charge in [-0.05, 0) is 48.6 Å². The van der Waals surface area contributed by atoms with Crippen LogP contribution >= 0.6 is 0 Å². The smallest absolute Gasteiger partial charge is 0.317 e. The molecule has 1 heterocycles. The molecule has 0 aromatic heterocycles. The SMILES string of the molecule is CS(=O)(=O)N1CCc2cc(C(=O)COC(=O)C3(c4ccccc4)CC3)ccc21. The molecule has 0 N–H and O–H groups in total. The van der Waals surface area contributed by atoms with Crippen LogP contribution in [0.1, 0.15) is 34.3 Å². The van der Waals surface area contributed by atoms with E-state index in [1.54, 1.807) is 18.2 Å². The highest BCUT2D eigenvalue weighted by molar-refractivity contribution is 7.92. The lowest BCUT2D eigenvalue weighted by atomic mass is 9.96. The maximum absolute atomic E-state index is 12.6. The van der Waals surface area contributed by atoms with Crippen molar-refractivity contribution in [3.8, 4) is 0 Å². The van der Waals surface area contributed by atoms with Crippen LogP contribution in [0.2, 0.25) is 0 Å². The molecule has 2 aliphatic rings. The number of nitrogens with zero attached hydrogens (tertiary/aromatic N) is 1. The molecule has 0 amide bonds. The largest absolute Gasteiger partial charge is 0.457 e. The predicted molar refractivity (Wildman–Crippen MR) is 105 cm³/mol. The van der Waals surface area contributed by atoms with Gasteiger partial charge < -0.3 is 4.74 Å². The summed E-state index contributed by atoms with van der Waals surface area (Å²) < 4.78 is 30.3. The third kappa shape index (κ3) is 3.30. The fraction of sp³-hybridized carbons (Fsp3) is 0.333. The van der Waals surface area contributed by atoms with Crippen LogP contribution in [0.5, 0.6) is 0 Å². The molecule has 4 rings (SSSR count). The van der Waals surface area contributed by atoms with E-state index in [9.17, 15) is 18.0 Å². The maximum atomic E-state index is 12.6. The second-order valence-electron chi connectivity index (χ2n) is 7.38. The normalized spacial score (nSPS) is 17.1. The number of fused-ring (bicyclic) bond motifs is 1. The Hall–Kier alpha value is -2.67. The number of hydrogen-bond acceptors (Lipinski definition) is 5. The summed E-state index contributed by atoms with van der Waals surface area (Å²) in [5, 5.41) is 0. The van der Waals surface area contributed by atoms with Gasteiger partial charge in [0.05, 0.1) is 17.4 Å². The summed E-state index contributed by atoms with van der Waals surface area (Å²) in [6.07, 6.45) is 3.18. The second-order valence-corrected chi connectivity index (χ2v) is 9.28. The molecule has 0 radical (unpaired) electrons. The lowest BCUT2D eigenvalue weighted by Gasteiger charge is -2.16. The summed E-state index contributed by atoms with van der Waals surface area (Å²) in [6.45, 7) is 0.0579. The number of anilines is 1. The Morgan fingerprint density at radius 1 is 1.11 bits per heavy atom. The Kier molecular flexibility index (Phi) is 4.50. The lowest BCUT2D eigenvalue weighted by molar-refractivity contribution is -0.145. The molecule has 1 aliphatic heterocycles. The maximum Gasteiger partial charge on any atom is 0.317 e. The highest BCUT2D eigenvalue weighted by Crippen LogP contribution is 2.49. The van der Waals surface area contributed by atoms with Gasteiger partial charge in [0, 0.05) is 12.1 Å². The predicted octanol–water partition coefficient (Wildman–Crippen LogP) is 2.47. The average molecular weight is 399 g/mol. The molecule has 1 aliphatic carbocycles. The van der Waals surface area contributed by atoms with Crippen molar-refractivity contribution in [1.29, 1.82) is 0 Å². The van der Waals surface area contributed by atoms with E-state index in [1.165, 1.54) is 10.6 Å². The van der Waals surface area contributed by atoms with Crippen LogP contribution in [0.3, 0.4) is 0 Å². The zero-order valence-corrected chi connectivity index (χ0v) is 16.4. The highest BCUT2D eigenvalue weighted by Gasteiger charge is 2.52. The monoisotopic (exact) mass is 399 g/mol. The molecule has 28 heavy (non-hydrogen) atoms. The molecule has 1 fully saturated rings. The van der Waals surface area contributed by atoms with Crippen molar-refractivity contribution in [2.75, 3.05) is 23.7 Å². The number of esters is 1. The van der Waals surface area contributed by atoms with E-state index in [2.05, 4.69) is 0 Å². The Morgan fingerprint density at radius 2 is 1.82 bits per heavy atom. The van der Waals surface area contributed by atoms with E-state index in [0.29, 0.717) is 24.2 Å². The van der Waals surface area contributed by atoms with Crippen molar-refractivity contribution in [3.05, 3.63) is 65.2 Å². The number of ketones is 1. The van der Waals surface area contributed by atoms with Gasteiger partial charge in [0.1, 0.15) is 0 Å². The molecule has 0 saturated heterocycles. The van der Waals surface area contributed by atoms with E-state index < -0.39 is 15.4 Å². The Balaban J connectivity index is 1.43. The summed E-state index contributed by atoms with van der Waals surface area (Å²) in [6, 6.07) is 14.4. The Bertz CT molecular complexity index is 1040. The van der Waals surface area contributed by atoms with Gasteiger partial charge in [-0.3, -0.25) is 13.9 Å². The van der Waals surface area contributed by atoms with E-state index in [0.717, 1.165) is 24.0 Å². The van der Waals surface area contributed by atoms with E-state index in [1.807, 2.05) is 30.3 Å². The first-order valence-electron chi connectivity index (χ1n) is 9.18. The first-order valence-corrected chi connectivity index (χ1v) is 11.0. The molecular weight excluding hydrogens is 378 g/mol. The molecule has 1 saturated carbocycles.